The van der Waals surface area contributed by atoms with E-state index in [1.54, 1.807) is 0 Å². The van der Waals surface area contributed by atoms with E-state index in [2.05, 4.69) is 59.5 Å². The molecule has 0 amide bonds. The van der Waals surface area contributed by atoms with Gasteiger partial charge in [-0.15, -0.1) is 12.4 Å². The van der Waals surface area contributed by atoms with Crippen molar-refractivity contribution in [3.63, 3.8) is 0 Å². The number of likely N-dealkylation sites (tertiary alicyclic amines) is 1. The Balaban J connectivity index is 0.00000225. The minimum Gasteiger partial charge on any atom is -0.454 e. The number of benzene rings is 2. The topological polar surface area (TPSA) is 29.5 Å². The molecule has 0 radical (unpaired) electrons. The average molecular weight is 400 g/mol. The van der Waals surface area contributed by atoms with E-state index in [4.69, 9.17) is 4.74 Å². The third kappa shape index (κ3) is 4.76. The molecule has 1 aliphatic carbocycles. The van der Waals surface area contributed by atoms with Gasteiger partial charge in [0, 0.05) is 38.9 Å². The summed E-state index contributed by atoms with van der Waals surface area (Å²) in [5, 5.41) is 0. The normalized spacial score (nSPS) is 18.9. The molecule has 0 aromatic heterocycles. The van der Waals surface area contributed by atoms with Crippen LogP contribution in [-0.2, 0) is 21.7 Å². The molecule has 28 heavy (non-hydrogen) atoms. The Bertz CT molecular complexity index is 763. The maximum atomic E-state index is 12.2. The van der Waals surface area contributed by atoms with Gasteiger partial charge < -0.3 is 4.74 Å². The van der Waals surface area contributed by atoms with Gasteiger partial charge in [0.05, 0.1) is 0 Å². The summed E-state index contributed by atoms with van der Waals surface area (Å²) >= 11 is 0. The lowest BCUT2D eigenvalue weighted by Gasteiger charge is -2.41. The van der Waals surface area contributed by atoms with Gasteiger partial charge in [0.15, 0.2) is 0 Å². The molecule has 4 rings (SSSR count). The second kappa shape index (κ2) is 9.11. The Kier molecular flexibility index (Phi) is 6.79. The Morgan fingerprint density at radius 2 is 1.68 bits per heavy atom. The lowest BCUT2D eigenvalue weighted by atomic mass is 9.83. The summed E-state index contributed by atoms with van der Waals surface area (Å²) in [5.41, 5.74) is 3.46. The summed E-state index contributed by atoms with van der Waals surface area (Å²) < 4.78 is 6.06. The summed E-state index contributed by atoms with van der Waals surface area (Å²) in [6.07, 6.45) is 4.76. The zero-order valence-electron chi connectivity index (χ0n) is 16.6. The first-order chi connectivity index (χ1) is 13.2. The molecule has 4 heteroatoms. The average Bonchev–Trinajstić information content (AvgIpc) is 3.56. The van der Waals surface area contributed by atoms with Crippen LogP contribution in [0.2, 0.25) is 0 Å². The number of carbonyl (C=O) groups excluding carboxylic acids is 1. The van der Waals surface area contributed by atoms with Crippen molar-refractivity contribution in [3.8, 4) is 0 Å². The molecular weight excluding hydrogens is 370 g/mol. The summed E-state index contributed by atoms with van der Waals surface area (Å²) in [6, 6.07) is 19.5. The third-order valence-corrected chi connectivity index (χ3v) is 6.00. The zero-order chi connectivity index (χ0) is 18.7. The van der Waals surface area contributed by atoms with Gasteiger partial charge in [-0.25, -0.2) is 0 Å². The number of ether oxygens (including phenoxy) is 1. The highest BCUT2D eigenvalue weighted by Gasteiger charge is 2.39. The van der Waals surface area contributed by atoms with E-state index in [1.165, 1.54) is 24.0 Å². The minimum atomic E-state index is -0.470. The molecule has 2 fully saturated rings. The standard InChI is InChI=1S/C24H29NO2.ClH/c1-2-23(26)27-24(22-12-10-21(11-13-22)20-8-9-20)14-16-25(17-15-24)18-19-6-4-3-5-7-19;/h3-7,10-13,20H,2,8-9,14-18H2,1H3;1H. The molecule has 0 N–H and O–H groups in total. The first kappa shape index (κ1) is 20.9. The molecule has 0 spiro atoms. The number of esters is 1. The van der Waals surface area contributed by atoms with E-state index in [1.807, 2.05) is 6.92 Å². The molecular formula is C24H30ClNO2. The lowest BCUT2D eigenvalue weighted by Crippen LogP contribution is -2.44. The molecule has 0 atom stereocenters. The molecule has 1 saturated heterocycles. The van der Waals surface area contributed by atoms with E-state index in [-0.39, 0.29) is 18.4 Å². The van der Waals surface area contributed by atoms with Crippen molar-refractivity contribution in [3.05, 3.63) is 71.3 Å². The van der Waals surface area contributed by atoms with Crippen molar-refractivity contribution in [1.29, 1.82) is 0 Å². The van der Waals surface area contributed by atoms with Crippen molar-refractivity contribution in [2.75, 3.05) is 13.1 Å². The Hall–Kier alpha value is -1.84. The summed E-state index contributed by atoms with van der Waals surface area (Å²) in [7, 11) is 0. The van der Waals surface area contributed by atoms with Gasteiger partial charge in [0.2, 0.25) is 0 Å². The smallest absolute Gasteiger partial charge is 0.306 e. The van der Waals surface area contributed by atoms with E-state index < -0.39 is 5.60 Å². The Morgan fingerprint density at radius 3 is 2.25 bits per heavy atom. The second-order valence-electron chi connectivity index (χ2n) is 7.98. The Labute approximate surface area is 174 Å². The van der Waals surface area contributed by atoms with Crippen LogP contribution in [0.15, 0.2) is 54.6 Å². The predicted molar refractivity (Wildman–Crippen MR) is 115 cm³/mol. The predicted octanol–water partition coefficient (Wildman–Crippen LogP) is 5.43. The molecule has 150 valence electrons. The maximum absolute atomic E-state index is 12.2. The van der Waals surface area contributed by atoms with Gasteiger partial charge in [-0.3, -0.25) is 9.69 Å². The molecule has 0 bridgehead atoms. The van der Waals surface area contributed by atoms with Crippen LogP contribution in [0.5, 0.6) is 0 Å². The van der Waals surface area contributed by atoms with Gasteiger partial charge >= 0.3 is 5.97 Å². The highest BCUT2D eigenvalue weighted by molar-refractivity contribution is 5.85. The number of hydrogen-bond acceptors (Lipinski definition) is 3. The fourth-order valence-electron chi connectivity index (χ4n) is 4.13. The molecule has 2 aliphatic rings. The third-order valence-electron chi connectivity index (χ3n) is 6.00. The van der Waals surface area contributed by atoms with Crippen LogP contribution >= 0.6 is 12.4 Å². The lowest BCUT2D eigenvalue weighted by molar-refractivity contribution is -0.166. The number of halogens is 1. The number of carbonyl (C=O) groups is 1. The van der Waals surface area contributed by atoms with E-state index in [9.17, 15) is 4.79 Å². The highest BCUT2D eigenvalue weighted by atomic mass is 35.5. The van der Waals surface area contributed by atoms with Crippen molar-refractivity contribution in [2.24, 2.45) is 0 Å². The SMILES string of the molecule is CCC(=O)OC1(c2ccc(C3CC3)cc2)CCN(Cc2ccccc2)CC1.Cl. The summed E-state index contributed by atoms with van der Waals surface area (Å²) in [6.45, 7) is 4.71. The van der Waals surface area contributed by atoms with Crippen molar-refractivity contribution in [2.45, 2.75) is 57.1 Å². The molecule has 1 aliphatic heterocycles. The fourth-order valence-corrected chi connectivity index (χ4v) is 4.13. The molecule has 3 nitrogen and oxygen atoms in total. The van der Waals surface area contributed by atoms with Gasteiger partial charge in [0.25, 0.3) is 0 Å². The van der Waals surface area contributed by atoms with Crippen molar-refractivity contribution < 1.29 is 9.53 Å². The monoisotopic (exact) mass is 399 g/mol. The highest BCUT2D eigenvalue weighted by Crippen LogP contribution is 2.42. The van der Waals surface area contributed by atoms with Crippen LogP contribution < -0.4 is 0 Å². The van der Waals surface area contributed by atoms with Gasteiger partial charge in [-0.05, 0) is 35.4 Å². The number of hydrogen-bond donors (Lipinski definition) is 0. The van der Waals surface area contributed by atoms with Gasteiger partial charge in [0.1, 0.15) is 5.60 Å². The fraction of sp³-hybridized carbons (Fsp3) is 0.458. The summed E-state index contributed by atoms with van der Waals surface area (Å²) in [5.74, 6) is 0.652. The van der Waals surface area contributed by atoms with Crippen molar-refractivity contribution in [1.82, 2.24) is 4.90 Å². The molecule has 2 aromatic carbocycles. The van der Waals surface area contributed by atoms with Crippen LogP contribution in [0.25, 0.3) is 0 Å². The van der Waals surface area contributed by atoms with Crippen LogP contribution in [0.1, 0.15) is 61.6 Å². The molecule has 1 saturated carbocycles. The number of piperidine rings is 1. The van der Waals surface area contributed by atoms with Gasteiger partial charge in [-0.2, -0.15) is 0 Å². The van der Waals surface area contributed by atoms with Crippen molar-refractivity contribution >= 4 is 18.4 Å². The largest absolute Gasteiger partial charge is 0.454 e. The van der Waals surface area contributed by atoms with Crippen LogP contribution in [0, 0.1) is 0 Å². The molecule has 0 unspecified atom stereocenters. The zero-order valence-corrected chi connectivity index (χ0v) is 17.4. The first-order valence-corrected chi connectivity index (χ1v) is 10.3. The second-order valence-corrected chi connectivity index (χ2v) is 7.98. The summed E-state index contributed by atoms with van der Waals surface area (Å²) in [4.78, 5) is 14.6. The minimum absolute atomic E-state index is 0. The molecule has 2 aromatic rings. The number of nitrogens with zero attached hydrogens (tertiary/aromatic N) is 1. The quantitative estimate of drug-likeness (QED) is 0.606. The van der Waals surface area contributed by atoms with E-state index >= 15 is 0 Å². The number of rotatable bonds is 6. The van der Waals surface area contributed by atoms with E-state index in [0.717, 1.165) is 44.0 Å². The van der Waals surface area contributed by atoms with Gasteiger partial charge in [-0.1, -0.05) is 61.5 Å². The maximum Gasteiger partial charge on any atom is 0.306 e. The molecule has 1 heterocycles. The van der Waals surface area contributed by atoms with Crippen LogP contribution in [0.4, 0.5) is 0 Å². The Morgan fingerprint density at radius 1 is 1.04 bits per heavy atom. The first-order valence-electron chi connectivity index (χ1n) is 10.3. The van der Waals surface area contributed by atoms with Crippen LogP contribution in [0.3, 0.4) is 0 Å². The van der Waals surface area contributed by atoms with Crippen LogP contribution in [-0.4, -0.2) is 24.0 Å². The van der Waals surface area contributed by atoms with E-state index in [0.29, 0.717) is 6.42 Å².